The molecule has 4 aromatic rings. The Balaban J connectivity index is 1.36. The van der Waals surface area contributed by atoms with Crippen LogP contribution in [-0.2, 0) is 0 Å². The van der Waals surface area contributed by atoms with Crippen LogP contribution < -0.4 is 4.90 Å². The largest absolute Gasteiger partial charge is 0.365 e. The molecule has 1 fully saturated rings. The predicted octanol–water partition coefficient (Wildman–Crippen LogP) is 2.89. The van der Waals surface area contributed by atoms with Gasteiger partial charge in [0.1, 0.15) is 11.5 Å². The Morgan fingerprint density at radius 3 is 2.47 bits per heavy atom. The molecule has 0 unspecified atom stereocenters. The molecule has 1 aromatic carbocycles. The number of nitrogens with zero attached hydrogens (tertiary/aromatic N) is 6. The SMILES string of the molecule is O=C(c1cnccn1)N1CCN(c2cnn3ccc(-c4ccc(F)cc4)cc23)CC1. The maximum absolute atomic E-state index is 13.3. The highest BCUT2D eigenvalue weighted by molar-refractivity contribution is 5.92. The third-order valence-electron chi connectivity index (χ3n) is 5.37. The van der Waals surface area contributed by atoms with Crippen molar-refractivity contribution in [2.75, 3.05) is 31.1 Å². The van der Waals surface area contributed by atoms with Crippen LogP contribution in [0.5, 0.6) is 0 Å². The lowest BCUT2D eigenvalue weighted by molar-refractivity contribution is 0.0740. The Morgan fingerprint density at radius 2 is 1.73 bits per heavy atom. The number of amides is 1. The molecule has 0 aliphatic carbocycles. The number of aromatic nitrogens is 4. The van der Waals surface area contributed by atoms with Gasteiger partial charge >= 0.3 is 0 Å². The summed E-state index contributed by atoms with van der Waals surface area (Å²) < 4.78 is 15.1. The lowest BCUT2D eigenvalue weighted by Gasteiger charge is -2.35. The quantitative estimate of drug-likeness (QED) is 0.527. The first-order valence-electron chi connectivity index (χ1n) is 9.72. The second kappa shape index (κ2) is 7.55. The summed E-state index contributed by atoms with van der Waals surface area (Å²) in [6.07, 6.45) is 8.34. The fraction of sp³-hybridized carbons (Fsp3) is 0.182. The van der Waals surface area contributed by atoms with Crippen LogP contribution >= 0.6 is 0 Å². The summed E-state index contributed by atoms with van der Waals surface area (Å²) in [5, 5.41) is 4.46. The molecule has 5 rings (SSSR count). The molecule has 7 nitrogen and oxygen atoms in total. The van der Waals surface area contributed by atoms with Crippen LogP contribution in [-0.4, -0.2) is 56.6 Å². The van der Waals surface area contributed by atoms with Gasteiger partial charge in [0, 0.05) is 44.8 Å². The number of hydrogen-bond donors (Lipinski definition) is 0. The van der Waals surface area contributed by atoms with Crippen molar-refractivity contribution in [3.05, 3.63) is 78.9 Å². The lowest BCUT2D eigenvalue weighted by atomic mass is 10.1. The van der Waals surface area contributed by atoms with E-state index in [1.165, 1.54) is 24.5 Å². The minimum Gasteiger partial charge on any atom is -0.365 e. The zero-order valence-electron chi connectivity index (χ0n) is 16.1. The van der Waals surface area contributed by atoms with E-state index in [0.29, 0.717) is 31.9 Å². The highest BCUT2D eigenvalue weighted by atomic mass is 19.1. The average Bonchev–Trinajstić information content (AvgIpc) is 3.23. The van der Waals surface area contributed by atoms with Crippen molar-refractivity contribution in [3.8, 4) is 11.1 Å². The van der Waals surface area contributed by atoms with Crippen LogP contribution in [0.1, 0.15) is 10.5 Å². The molecule has 1 aliphatic heterocycles. The van der Waals surface area contributed by atoms with Crippen molar-refractivity contribution in [2.45, 2.75) is 0 Å². The zero-order chi connectivity index (χ0) is 20.5. The standard InChI is InChI=1S/C22H19FN6O/c23-18-3-1-16(2-4-18)17-5-8-29-20(13-17)21(15-26-29)27-9-11-28(12-10-27)22(30)19-14-24-6-7-25-19/h1-8,13-15H,9-12H2. The van der Waals surface area contributed by atoms with Gasteiger partial charge in [0.15, 0.2) is 0 Å². The van der Waals surface area contributed by atoms with Gasteiger partial charge in [-0.2, -0.15) is 5.10 Å². The molecule has 4 heterocycles. The van der Waals surface area contributed by atoms with E-state index < -0.39 is 0 Å². The van der Waals surface area contributed by atoms with E-state index in [1.54, 1.807) is 23.2 Å². The van der Waals surface area contributed by atoms with Crippen LogP contribution in [0.4, 0.5) is 10.1 Å². The molecule has 0 spiro atoms. The molecule has 3 aromatic heterocycles. The van der Waals surface area contributed by atoms with Gasteiger partial charge in [-0.1, -0.05) is 12.1 Å². The van der Waals surface area contributed by atoms with Gasteiger partial charge in [-0.15, -0.1) is 0 Å². The number of hydrogen-bond acceptors (Lipinski definition) is 5. The maximum atomic E-state index is 13.3. The van der Waals surface area contributed by atoms with Crippen LogP contribution in [0, 0.1) is 5.82 Å². The molecule has 0 bridgehead atoms. The number of carbonyl (C=O) groups excluding carboxylic acids is 1. The number of pyridine rings is 1. The van der Waals surface area contributed by atoms with Gasteiger partial charge in [-0.25, -0.2) is 13.9 Å². The van der Waals surface area contributed by atoms with E-state index in [0.717, 1.165) is 22.3 Å². The zero-order valence-corrected chi connectivity index (χ0v) is 16.1. The molecule has 1 aliphatic rings. The number of fused-ring (bicyclic) bond motifs is 1. The van der Waals surface area contributed by atoms with Crippen LogP contribution in [0.25, 0.3) is 16.6 Å². The highest BCUT2D eigenvalue weighted by Gasteiger charge is 2.24. The van der Waals surface area contributed by atoms with Gasteiger partial charge in [0.2, 0.25) is 0 Å². The van der Waals surface area contributed by atoms with Crippen molar-refractivity contribution < 1.29 is 9.18 Å². The fourth-order valence-corrected chi connectivity index (χ4v) is 3.76. The molecule has 0 atom stereocenters. The minimum absolute atomic E-state index is 0.0961. The van der Waals surface area contributed by atoms with Crippen LogP contribution in [0.3, 0.4) is 0 Å². The van der Waals surface area contributed by atoms with E-state index in [2.05, 4.69) is 26.0 Å². The van der Waals surface area contributed by atoms with Crippen molar-refractivity contribution in [3.63, 3.8) is 0 Å². The molecule has 1 amide bonds. The molecule has 0 saturated carbocycles. The topological polar surface area (TPSA) is 66.6 Å². The minimum atomic E-state index is -0.251. The summed E-state index contributed by atoms with van der Waals surface area (Å²) in [6, 6.07) is 10.5. The molecular formula is C22H19FN6O. The monoisotopic (exact) mass is 402 g/mol. The summed E-state index contributed by atoms with van der Waals surface area (Å²) in [5.74, 6) is -0.347. The van der Waals surface area contributed by atoms with Gasteiger partial charge in [-0.3, -0.25) is 9.78 Å². The molecule has 30 heavy (non-hydrogen) atoms. The Bertz CT molecular complexity index is 1180. The third-order valence-corrected chi connectivity index (χ3v) is 5.37. The van der Waals surface area contributed by atoms with Gasteiger partial charge in [-0.05, 0) is 35.4 Å². The Morgan fingerprint density at radius 1 is 0.933 bits per heavy atom. The van der Waals surface area contributed by atoms with E-state index in [9.17, 15) is 9.18 Å². The number of anilines is 1. The number of carbonyl (C=O) groups is 1. The second-order valence-electron chi connectivity index (χ2n) is 7.15. The number of benzene rings is 1. The second-order valence-corrected chi connectivity index (χ2v) is 7.15. The van der Waals surface area contributed by atoms with E-state index in [4.69, 9.17) is 0 Å². The number of piperazine rings is 1. The Kier molecular flexibility index (Phi) is 4.59. The smallest absolute Gasteiger partial charge is 0.274 e. The highest BCUT2D eigenvalue weighted by Crippen LogP contribution is 2.28. The van der Waals surface area contributed by atoms with E-state index in [-0.39, 0.29) is 11.7 Å². The van der Waals surface area contributed by atoms with E-state index in [1.807, 2.05) is 23.0 Å². The van der Waals surface area contributed by atoms with Gasteiger partial charge < -0.3 is 9.80 Å². The summed E-state index contributed by atoms with van der Waals surface area (Å²) in [6.45, 7) is 2.61. The molecule has 8 heteroatoms. The molecule has 1 saturated heterocycles. The van der Waals surface area contributed by atoms with Crippen LogP contribution in [0.2, 0.25) is 0 Å². The molecular weight excluding hydrogens is 383 g/mol. The first-order valence-corrected chi connectivity index (χ1v) is 9.72. The van der Waals surface area contributed by atoms with Crippen molar-refractivity contribution in [1.82, 2.24) is 24.5 Å². The fourth-order valence-electron chi connectivity index (χ4n) is 3.76. The summed E-state index contributed by atoms with van der Waals surface area (Å²) in [4.78, 5) is 24.7. The molecule has 150 valence electrons. The average molecular weight is 402 g/mol. The Hall–Kier alpha value is -3.81. The lowest BCUT2D eigenvalue weighted by Crippen LogP contribution is -2.49. The summed E-state index contributed by atoms with van der Waals surface area (Å²) >= 11 is 0. The van der Waals surface area contributed by atoms with Crippen molar-refractivity contribution in [2.24, 2.45) is 0 Å². The first-order chi connectivity index (χ1) is 14.7. The first kappa shape index (κ1) is 18.2. The number of halogens is 1. The van der Waals surface area contributed by atoms with Gasteiger partial charge in [0.05, 0.1) is 23.6 Å². The van der Waals surface area contributed by atoms with Crippen molar-refractivity contribution >= 4 is 17.1 Å². The summed E-state index contributed by atoms with van der Waals surface area (Å²) in [5.41, 5.74) is 4.31. The molecule has 0 radical (unpaired) electrons. The van der Waals surface area contributed by atoms with Crippen LogP contribution in [0.15, 0.2) is 67.4 Å². The molecule has 0 N–H and O–H groups in total. The normalized spacial score (nSPS) is 14.3. The summed E-state index contributed by atoms with van der Waals surface area (Å²) in [7, 11) is 0. The third kappa shape index (κ3) is 3.36. The predicted molar refractivity (Wildman–Crippen MR) is 111 cm³/mol. The van der Waals surface area contributed by atoms with Crippen molar-refractivity contribution in [1.29, 1.82) is 0 Å². The van der Waals surface area contributed by atoms with Gasteiger partial charge in [0.25, 0.3) is 5.91 Å². The van der Waals surface area contributed by atoms with E-state index >= 15 is 0 Å². The Labute approximate surface area is 172 Å². The number of rotatable bonds is 3. The maximum Gasteiger partial charge on any atom is 0.274 e.